The number of azide groups is 1. The van der Waals surface area contributed by atoms with Crippen molar-refractivity contribution in [1.82, 2.24) is 20.6 Å². The third-order valence-corrected chi connectivity index (χ3v) is 0.468. The van der Waals surface area contributed by atoms with Gasteiger partial charge in [-0.05, 0) is 15.9 Å². The van der Waals surface area contributed by atoms with Crippen LogP contribution in [0.1, 0.15) is 1.43 Å². The fraction of sp³-hybridized carbons (Fsp3) is 0. The van der Waals surface area contributed by atoms with Crippen molar-refractivity contribution >= 4 is 5.95 Å². The van der Waals surface area contributed by atoms with Crippen LogP contribution in [0.5, 0.6) is 0 Å². The molecule has 0 spiro atoms. The molecule has 0 amide bonds. The summed E-state index contributed by atoms with van der Waals surface area (Å²) in [5.74, 6) is 0.00694. The molecule has 0 aliphatic rings. The molecule has 0 aromatic carbocycles. The zero-order valence-electron chi connectivity index (χ0n) is 5.68. The maximum atomic E-state index is 7.77. The predicted molar refractivity (Wildman–Crippen MR) is 24.1 cm³/mol. The Bertz CT molecular complexity index is 199. The van der Waals surface area contributed by atoms with E-state index in [1.54, 1.807) is 0 Å². The first-order valence-electron chi connectivity index (χ1n) is 1.72. The van der Waals surface area contributed by atoms with Crippen LogP contribution < -0.4 is 29.6 Å². The number of hydrogen-bond acceptors (Lipinski definition) is 4. The van der Waals surface area contributed by atoms with Crippen LogP contribution in [0.4, 0.5) is 5.95 Å². The summed E-state index contributed by atoms with van der Waals surface area (Å²) in [4.78, 5) is 2.42. The molecule has 1 heterocycles. The molecule has 0 aliphatic heterocycles. The van der Waals surface area contributed by atoms with Gasteiger partial charge in [-0.2, -0.15) is 5.21 Å². The van der Waals surface area contributed by atoms with Gasteiger partial charge in [0.15, 0.2) is 0 Å². The minimum absolute atomic E-state index is 0. The number of H-pyrrole nitrogens is 1. The van der Waals surface area contributed by atoms with Crippen LogP contribution in [0, 0.1) is 0 Å². The monoisotopic (exact) mass is 135 g/mol. The van der Waals surface area contributed by atoms with Crippen molar-refractivity contribution in [2.45, 2.75) is 0 Å². The second-order valence-electron chi connectivity index (χ2n) is 0.901. The molecule has 0 fully saturated rings. The van der Waals surface area contributed by atoms with Crippen molar-refractivity contribution in [2.75, 3.05) is 0 Å². The minimum Gasteiger partial charge on any atom is -1.00 e. The maximum absolute atomic E-state index is 7.77. The zero-order chi connectivity index (χ0) is 5.82. The molecular formula is CH2N7Na. The molecule has 7 nitrogen and oxygen atoms in total. The summed E-state index contributed by atoms with van der Waals surface area (Å²) >= 11 is 0. The minimum atomic E-state index is 0. The van der Waals surface area contributed by atoms with Gasteiger partial charge in [-0.15, -0.1) is 10.2 Å². The summed E-state index contributed by atoms with van der Waals surface area (Å²) in [6.07, 6.45) is 0. The first-order valence-corrected chi connectivity index (χ1v) is 1.72. The van der Waals surface area contributed by atoms with Crippen molar-refractivity contribution in [3.63, 3.8) is 0 Å². The normalized spacial score (nSPS) is 7.11. The number of aromatic amines is 1. The number of nitrogens with one attached hydrogen (secondary N) is 1. The molecule has 0 aliphatic carbocycles. The molecule has 42 valence electrons. The van der Waals surface area contributed by atoms with Crippen LogP contribution >= 0.6 is 0 Å². The van der Waals surface area contributed by atoms with Crippen LogP contribution in [0.3, 0.4) is 0 Å². The van der Waals surface area contributed by atoms with Crippen LogP contribution in [-0.2, 0) is 0 Å². The summed E-state index contributed by atoms with van der Waals surface area (Å²) in [6.45, 7) is 0. The van der Waals surface area contributed by atoms with E-state index in [1.807, 2.05) is 0 Å². The molecule has 1 aromatic rings. The van der Waals surface area contributed by atoms with Crippen molar-refractivity contribution < 1.29 is 31.0 Å². The number of aromatic nitrogens is 4. The number of rotatable bonds is 1. The van der Waals surface area contributed by atoms with Gasteiger partial charge in [-0.1, -0.05) is 0 Å². The van der Waals surface area contributed by atoms with Crippen LogP contribution in [0.15, 0.2) is 5.11 Å². The summed E-state index contributed by atoms with van der Waals surface area (Å²) in [5, 5.41) is 15.0. The molecule has 0 saturated heterocycles. The van der Waals surface area contributed by atoms with E-state index in [9.17, 15) is 0 Å². The molecule has 8 heteroatoms. The Morgan fingerprint density at radius 2 is 2.56 bits per heavy atom. The van der Waals surface area contributed by atoms with Gasteiger partial charge < -0.3 is 1.43 Å². The van der Waals surface area contributed by atoms with Crippen molar-refractivity contribution in [2.24, 2.45) is 5.11 Å². The Morgan fingerprint density at radius 1 is 1.78 bits per heavy atom. The first kappa shape index (κ1) is 8.38. The van der Waals surface area contributed by atoms with Crippen molar-refractivity contribution in [3.8, 4) is 0 Å². The predicted octanol–water partition coefficient (Wildman–Crippen LogP) is -2.74. The number of hydrogen-bond donors (Lipinski definition) is 1. The zero-order valence-corrected chi connectivity index (χ0v) is 6.68. The van der Waals surface area contributed by atoms with E-state index in [0.717, 1.165) is 0 Å². The van der Waals surface area contributed by atoms with Gasteiger partial charge in [0.1, 0.15) is 0 Å². The maximum Gasteiger partial charge on any atom is 1.00 e. The quantitative estimate of drug-likeness (QED) is 0.195. The summed E-state index contributed by atoms with van der Waals surface area (Å²) in [6, 6.07) is 0. The molecule has 0 unspecified atom stereocenters. The van der Waals surface area contributed by atoms with E-state index in [4.69, 9.17) is 5.53 Å². The van der Waals surface area contributed by atoms with E-state index in [0.29, 0.717) is 0 Å². The largest absolute Gasteiger partial charge is 1.00 e. The third kappa shape index (κ3) is 2.43. The second-order valence-corrected chi connectivity index (χ2v) is 0.901. The van der Waals surface area contributed by atoms with Gasteiger partial charge in [0, 0.05) is 4.91 Å². The van der Waals surface area contributed by atoms with Gasteiger partial charge in [0.25, 0.3) is 5.95 Å². The Kier molecular flexibility index (Phi) is 3.98. The van der Waals surface area contributed by atoms with Crippen LogP contribution in [0.2, 0.25) is 0 Å². The summed E-state index contributed by atoms with van der Waals surface area (Å²) in [7, 11) is 0. The van der Waals surface area contributed by atoms with Gasteiger partial charge in [0.2, 0.25) is 0 Å². The molecule has 1 aromatic heterocycles. The SMILES string of the molecule is [H-].[N-]=[N+]=Nc1nn[nH]n1.[Na+]. The molecule has 0 atom stereocenters. The summed E-state index contributed by atoms with van der Waals surface area (Å²) in [5.41, 5.74) is 7.77. The standard InChI is InChI=1S/CHN7.Na.H/c2-6-3-1-4-7-8-5-1;;/h(H,4,5,7,8);;/q;+1;-1. The van der Waals surface area contributed by atoms with Gasteiger partial charge in [0.05, 0.1) is 0 Å². The molecule has 0 saturated carbocycles. The molecule has 1 rings (SSSR count). The van der Waals surface area contributed by atoms with E-state index in [1.165, 1.54) is 0 Å². The Hall–Kier alpha value is -0.620. The molecule has 0 radical (unpaired) electrons. The molecule has 0 bridgehead atoms. The summed E-state index contributed by atoms with van der Waals surface area (Å²) < 4.78 is 0. The second kappa shape index (κ2) is 4.28. The van der Waals surface area contributed by atoms with E-state index in [2.05, 4.69) is 30.7 Å². The Morgan fingerprint density at radius 3 is 3.00 bits per heavy atom. The van der Waals surface area contributed by atoms with Crippen molar-refractivity contribution in [3.05, 3.63) is 10.4 Å². The fourth-order valence-corrected chi connectivity index (χ4v) is 0.239. The first-order chi connectivity index (χ1) is 3.93. The van der Waals surface area contributed by atoms with E-state index >= 15 is 0 Å². The number of nitrogens with zero attached hydrogens (tertiary/aromatic N) is 6. The van der Waals surface area contributed by atoms with Gasteiger partial charge in [-0.3, -0.25) is 0 Å². The fourth-order valence-electron chi connectivity index (χ4n) is 0.239. The van der Waals surface area contributed by atoms with E-state index in [-0.39, 0.29) is 36.9 Å². The molecular weight excluding hydrogens is 133 g/mol. The average molecular weight is 135 g/mol. The molecule has 1 N–H and O–H groups in total. The molecule has 9 heavy (non-hydrogen) atoms. The van der Waals surface area contributed by atoms with Crippen molar-refractivity contribution in [1.29, 1.82) is 0 Å². The van der Waals surface area contributed by atoms with Gasteiger partial charge >= 0.3 is 29.6 Å². The van der Waals surface area contributed by atoms with Crippen LogP contribution in [-0.4, -0.2) is 20.6 Å². The van der Waals surface area contributed by atoms with Gasteiger partial charge in [-0.25, -0.2) is 0 Å². The Labute approximate surface area is 73.2 Å². The Balaban J connectivity index is 0. The smallest absolute Gasteiger partial charge is 1.00 e. The topological polar surface area (TPSA) is 103 Å². The van der Waals surface area contributed by atoms with E-state index < -0.39 is 0 Å². The average Bonchev–Trinajstić information content (AvgIpc) is 2.19. The van der Waals surface area contributed by atoms with Crippen LogP contribution in [0.25, 0.3) is 10.4 Å². The third-order valence-electron chi connectivity index (χ3n) is 0.468. The number of tetrazole rings is 1.